The Morgan fingerprint density at radius 2 is 2.12 bits per heavy atom. The van der Waals surface area contributed by atoms with Crippen LogP contribution in [-0.4, -0.2) is 31.1 Å². The fraction of sp³-hybridized carbons (Fsp3) is 0.375. The van der Waals surface area contributed by atoms with Crippen molar-refractivity contribution >= 4 is 17.3 Å². The highest BCUT2D eigenvalue weighted by atomic mass is 32.1. The van der Waals surface area contributed by atoms with Gasteiger partial charge in [0, 0.05) is 37.5 Å². The lowest BCUT2D eigenvalue weighted by Gasteiger charge is -2.14. The monoisotopic (exact) mass is 354 g/mol. The summed E-state index contributed by atoms with van der Waals surface area (Å²) < 4.78 is 29.3. The first-order valence-corrected chi connectivity index (χ1v) is 8.34. The van der Waals surface area contributed by atoms with Crippen molar-refractivity contribution in [3.8, 4) is 5.75 Å². The molecule has 2 rings (SSSR count). The number of thiazole rings is 1. The van der Waals surface area contributed by atoms with Crippen molar-refractivity contribution in [1.82, 2.24) is 15.6 Å². The van der Waals surface area contributed by atoms with E-state index in [-0.39, 0.29) is 5.75 Å². The minimum Gasteiger partial charge on any atom is -0.434 e. The summed E-state index contributed by atoms with van der Waals surface area (Å²) in [6.07, 6.45) is 0.788. The number of alkyl halides is 2. The van der Waals surface area contributed by atoms with Crippen molar-refractivity contribution in [2.75, 3.05) is 13.6 Å². The largest absolute Gasteiger partial charge is 0.434 e. The molecule has 0 fully saturated rings. The van der Waals surface area contributed by atoms with Gasteiger partial charge in [-0.2, -0.15) is 8.78 Å². The molecule has 0 saturated carbocycles. The summed E-state index contributed by atoms with van der Waals surface area (Å²) >= 11 is 1.62. The van der Waals surface area contributed by atoms with E-state index in [1.54, 1.807) is 36.6 Å². The van der Waals surface area contributed by atoms with Crippen LogP contribution >= 0.6 is 11.3 Å². The number of nitrogens with one attached hydrogen (secondary N) is 2. The fourth-order valence-corrected chi connectivity index (χ4v) is 2.74. The highest BCUT2D eigenvalue weighted by Crippen LogP contribution is 2.19. The second-order valence-corrected chi connectivity index (χ2v) is 6.01. The quantitative estimate of drug-likeness (QED) is 0.593. The van der Waals surface area contributed by atoms with E-state index in [4.69, 9.17) is 0 Å². The standard InChI is InChI=1S/C16H20F2N4OS/c1-11-22-13(10-24-11)7-8-20-16(19-2)21-9-12-5-3-4-6-14(12)23-15(17)18/h3-6,10,15H,7-9H2,1-2H3,(H2,19,20,21). The molecule has 0 aliphatic heterocycles. The van der Waals surface area contributed by atoms with Gasteiger partial charge in [0.25, 0.3) is 0 Å². The van der Waals surface area contributed by atoms with Gasteiger partial charge >= 0.3 is 6.61 Å². The van der Waals surface area contributed by atoms with E-state index >= 15 is 0 Å². The van der Waals surface area contributed by atoms with Crippen molar-refractivity contribution < 1.29 is 13.5 Å². The molecule has 0 bridgehead atoms. The average Bonchev–Trinajstić information content (AvgIpc) is 2.97. The molecule has 1 aromatic carbocycles. The molecule has 0 amide bonds. The Morgan fingerprint density at radius 1 is 1.33 bits per heavy atom. The van der Waals surface area contributed by atoms with Crippen LogP contribution in [0.15, 0.2) is 34.6 Å². The van der Waals surface area contributed by atoms with E-state index in [9.17, 15) is 8.78 Å². The van der Waals surface area contributed by atoms with Crippen LogP contribution in [0.3, 0.4) is 0 Å². The molecule has 2 aromatic rings. The summed E-state index contributed by atoms with van der Waals surface area (Å²) in [7, 11) is 1.66. The summed E-state index contributed by atoms with van der Waals surface area (Å²) in [6.45, 7) is 0.141. The van der Waals surface area contributed by atoms with Crippen molar-refractivity contribution in [2.24, 2.45) is 4.99 Å². The van der Waals surface area contributed by atoms with Gasteiger partial charge in [0.05, 0.1) is 10.7 Å². The van der Waals surface area contributed by atoms with E-state index in [1.807, 2.05) is 12.3 Å². The Kier molecular flexibility index (Phi) is 6.92. The van der Waals surface area contributed by atoms with Crippen LogP contribution in [0.2, 0.25) is 0 Å². The molecule has 2 N–H and O–H groups in total. The number of aliphatic imine (C=N–C) groups is 1. The molecule has 24 heavy (non-hydrogen) atoms. The zero-order valence-electron chi connectivity index (χ0n) is 13.6. The minimum absolute atomic E-state index is 0.161. The molecular formula is C16H20F2N4OS. The lowest BCUT2D eigenvalue weighted by Crippen LogP contribution is -2.38. The number of rotatable bonds is 7. The van der Waals surface area contributed by atoms with Gasteiger partial charge in [-0.05, 0) is 13.0 Å². The second-order valence-electron chi connectivity index (χ2n) is 4.95. The zero-order chi connectivity index (χ0) is 17.4. The molecule has 0 aliphatic carbocycles. The van der Waals surface area contributed by atoms with Crippen LogP contribution in [0.5, 0.6) is 5.75 Å². The first kappa shape index (κ1) is 18.1. The molecule has 0 unspecified atom stereocenters. The second kappa shape index (κ2) is 9.17. The van der Waals surface area contributed by atoms with Gasteiger partial charge in [-0.15, -0.1) is 11.3 Å². The molecule has 0 radical (unpaired) electrons. The number of benzene rings is 1. The maximum atomic E-state index is 12.4. The number of hydrogen-bond donors (Lipinski definition) is 2. The minimum atomic E-state index is -2.84. The number of aromatic nitrogens is 1. The van der Waals surface area contributed by atoms with Crippen LogP contribution in [0, 0.1) is 6.92 Å². The smallest absolute Gasteiger partial charge is 0.387 e. The number of nitrogens with zero attached hydrogens (tertiary/aromatic N) is 2. The molecular weight excluding hydrogens is 334 g/mol. The number of guanidine groups is 1. The van der Waals surface area contributed by atoms with E-state index in [0.29, 0.717) is 24.6 Å². The van der Waals surface area contributed by atoms with Crippen LogP contribution in [0.4, 0.5) is 8.78 Å². The number of aryl methyl sites for hydroxylation is 1. The highest BCUT2D eigenvalue weighted by Gasteiger charge is 2.09. The van der Waals surface area contributed by atoms with Crippen LogP contribution in [0.1, 0.15) is 16.3 Å². The molecule has 0 aliphatic rings. The highest BCUT2D eigenvalue weighted by molar-refractivity contribution is 7.09. The maximum absolute atomic E-state index is 12.4. The average molecular weight is 354 g/mol. The van der Waals surface area contributed by atoms with E-state index in [1.165, 1.54) is 6.07 Å². The fourth-order valence-electron chi connectivity index (χ4n) is 2.09. The number of ether oxygens (including phenoxy) is 1. The topological polar surface area (TPSA) is 58.5 Å². The Morgan fingerprint density at radius 3 is 2.79 bits per heavy atom. The predicted molar refractivity (Wildman–Crippen MR) is 91.8 cm³/mol. The van der Waals surface area contributed by atoms with E-state index in [2.05, 4.69) is 25.3 Å². The van der Waals surface area contributed by atoms with Crippen LogP contribution in [-0.2, 0) is 13.0 Å². The number of para-hydroxylation sites is 1. The van der Waals surface area contributed by atoms with Gasteiger partial charge in [-0.25, -0.2) is 4.98 Å². The van der Waals surface area contributed by atoms with Crippen LogP contribution in [0.25, 0.3) is 0 Å². The van der Waals surface area contributed by atoms with Crippen LogP contribution < -0.4 is 15.4 Å². The Balaban J connectivity index is 1.83. The predicted octanol–water partition coefficient (Wildman–Crippen LogP) is 2.96. The van der Waals surface area contributed by atoms with Gasteiger partial charge in [-0.1, -0.05) is 18.2 Å². The molecule has 5 nitrogen and oxygen atoms in total. The van der Waals surface area contributed by atoms with Gasteiger partial charge in [-0.3, -0.25) is 4.99 Å². The normalized spacial score (nSPS) is 11.6. The Labute approximate surface area is 143 Å². The summed E-state index contributed by atoms with van der Waals surface area (Å²) in [6, 6.07) is 6.68. The third-order valence-corrected chi connectivity index (χ3v) is 4.02. The van der Waals surface area contributed by atoms with Crippen molar-refractivity contribution in [3.05, 3.63) is 45.9 Å². The molecule has 0 atom stereocenters. The molecule has 0 spiro atoms. The summed E-state index contributed by atoms with van der Waals surface area (Å²) in [5, 5.41) is 9.34. The summed E-state index contributed by atoms with van der Waals surface area (Å²) in [5.41, 5.74) is 1.67. The van der Waals surface area contributed by atoms with Gasteiger partial charge in [0.1, 0.15) is 5.75 Å². The van der Waals surface area contributed by atoms with Gasteiger partial charge in [0.2, 0.25) is 0 Å². The van der Waals surface area contributed by atoms with Gasteiger partial charge in [0.15, 0.2) is 5.96 Å². The third kappa shape index (κ3) is 5.77. The number of hydrogen-bond acceptors (Lipinski definition) is 4. The van der Waals surface area contributed by atoms with Crippen molar-refractivity contribution in [2.45, 2.75) is 26.5 Å². The lowest BCUT2D eigenvalue weighted by atomic mass is 10.2. The molecule has 1 aromatic heterocycles. The first-order valence-electron chi connectivity index (χ1n) is 7.46. The Hall–Kier alpha value is -2.22. The van der Waals surface area contributed by atoms with Gasteiger partial charge < -0.3 is 15.4 Å². The van der Waals surface area contributed by atoms with E-state index in [0.717, 1.165) is 17.1 Å². The van der Waals surface area contributed by atoms with Crippen molar-refractivity contribution in [3.63, 3.8) is 0 Å². The zero-order valence-corrected chi connectivity index (χ0v) is 14.4. The molecule has 8 heteroatoms. The maximum Gasteiger partial charge on any atom is 0.387 e. The summed E-state index contributed by atoms with van der Waals surface area (Å²) in [5.74, 6) is 0.752. The number of halogens is 2. The molecule has 0 saturated heterocycles. The van der Waals surface area contributed by atoms with E-state index < -0.39 is 6.61 Å². The SMILES string of the molecule is CN=C(NCCc1csc(C)n1)NCc1ccccc1OC(F)F. The first-order chi connectivity index (χ1) is 11.6. The third-order valence-electron chi connectivity index (χ3n) is 3.20. The Bertz CT molecular complexity index is 676. The molecule has 130 valence electrons. The molecule has 1 heterocycles. The summed E-state index contributed by atoms with van der Waals surface area (Å²) in [4.78, 5) is 8.51. The lowest BCUT2D eigenvalue weighted by molar-refractivity contribution is -0.0504. The van der Waals surface area contributed by atoms with Crippen molar-refractivity contribution in [1.29, 1.82) is 0 Å².